The molecule has 2 aromatic carbocycles. The lowest BCUT2D eigenvalue weighted by molar-refractivity contribution is -0.968. The van der Waals surface area contributed by atoms with E-state index in [0.717, 1.165) is 73.9 Å². The predicted molar refractivity (Wildman–Crippen MR) is 140 cm³/mol. The molecule has 1 unspecified atom stereocenters. The summed E-state index contributed by atoms with van der Waals surface area (Å²) in [5.41, 5.74) is 3.09. The van der Waals surface area contributed by atoms with E-state index in [1.807, 2.05) is 12.3 Å². The molecule has 188 valence electrons. The van der Waals surface area contributed by atoms with Gasteiger partial charge in [0.2, 0.25) is 0 Å². The SMILES string of the molecule is O=C(O[C@H]1C[N+]2(C(c3ccccc3)c3ccn[nH]3)CCC1CC2)C1(c2ccccc2)CCCCCC1. The molecule has 3 aliphatic heterocycles. The summed E-state index contributed by atoms with van der Waals surface area (Å²) in [6.07, 6.45) is 10.4. The molecule has 1 aromatic heterocycles. The number of aromatic nitrogens is 2. The van der Waals surface area contributed by atoms with Gasteiger partial charge < -0.3 is 9.22 Å². The molecule has 0 spiro atoms. The summed E-state index contributed by atoms with van der Waals surface area (Å²) in [7, 11) is 0. The fourth-order valence-corrected chi connectivity index (χ4v) is 7.46. The van der Waals surface area contributed by atoms with Gasteiger partial charge in [-0.05, 0) is 24.5 Å². The number of H-pyrrole nitrogens is 1. The molecular weight excluding hydrogens is 446 g/mol. The highest BCUT2D eigenvalue weighted by Gasteiger charge is 2.54. The Morgan fingerprint density at radius 2 is 1.58 bits per heavy atom. The van der Waals surface area contributed by atoms with E-state index in [-0.39, 0.29) is 18.1 Å². The van der Waals surface area contributed by atoms with Crippen LogP contribution in [0.4, 0.5) is 0 Å². The van der Waals surface area contributed by atoms with Gasteiger partial charge in [-0.15, -0.1) is 0 Å². The number of piperidine rings is 3. The quantitative estimate of drug-likeness (QED) is 0.267. The van der Waals surface area contributed by atoms with Gasteiger partial charge in [0.1, 0.15) is 6.54 Å². The zero-order valence-electron chi connectivity index (χ0n) is 21.1. The van der Waals surface area contributed by atoms with Crippen LogP contribution in [0.15, 0.2) is 72.9 Å². The Morgan fingerprint density at radius 1 is 0.917 bits per heavy atom. The zero-order valence-corrected chi connectivity index (χ0v) is 21.1. The fraction of sp³-hybridized carbons (Fsp3) is 0.484. The number of benzene rings is 2. The molecule has 4 fully saturated rings. The van der Waals surface area contributed by atoms with Gasteiger partial charge in [-0.2, -0.15) is 5.10 Å². The lowest BCUT2D eigenvalue weighted by Gasteiger charge is -2.55. The van der Waals surface area contributed by atoms with Gasteiger partial charge in [0, 0.05) is 30.5 Å². The molecule has 4 heterocycles. The van der Waals surface area contributed by atoms with Crippen LogP contribution in [-0.4, -0.2) is 46.4 Å². The zero-order chi connectivity index (χ0) is 24.4. The van der Waals surface area contributed by atoms with Crippen molar-refractivity contribution in [1.29, 1.82) is 0 Å². The molecule has 0 amide bonds. The summed E-state index contributed by atoms with van der Waals surface area (Å²) in [6.45, 7) is 3.10. The number of ether oxygens (including phenoxy) is 1. The minimum absolute atomic E-state index is 0.0188. The third-order valence-corrected chi connectivity index (χ3v) is 9.37. The third-order valence-electron chi connectivity index (χ3n) is 9.37. The van der Waals surface area contributed by atoms with E-state index in [1.54, 1.807) is 0 Å². The largest absolute Gasteiger partial charge is 0.455 e. The lowest BCUT2D eigenvalue weighted by Crippen LogP contribution is -2.66. The molecule has 5 heteroatoms. The maximum Gasteiger partial charge on any atom is 0.317 e. The second-order valence-electron chi connectivity index (χ2n) is 11.3. The Kier molecular flexibility index (Phi) is 6.43. The van der Waals surface area contributed by atoms with E-state index in [1.165, 1.54) is 18.4 Å². The number of quaternary nitrogens is 1. The van der Waals surface area contributed by atoms with E-state index in [4.69, 9.17) is 4.74 Å². The number of nitrogens with one attached hydrogen (secondary N) is 1. The Bertz CT molecular complexity index is 1130. The van der Waals surface area contributed by atoms with Gasteiger partial charge >= 0.3 is 5.97 Å². The molecule has 4 aliphatic rings. The molecule has 0 radical (unpaired) electrons. The summed E-state index contributed by atoms with van der Waals surface area (Å²) < 4.78 is 7.56. The molecule has 36 heavy (non-hydrogen) atoms. The van der Waals surface area contributed by atoms with Gasteiger partial charge in [0.15, 0.2) is 12.1 Å². The summed E-state index contributed by atoms with van der Waals surface area (Å²) in [6, 6.07) is 23.5. The van der Waals surface area contributed by atoms with E-state index in [0.29, 0.717) is 5.92 Å². The molecule has 2 bridgehead atoms. The van der Waals surface area contributed by atoms with Crippen LogP contribution in [-0.2, 0) is 14.9 Å². The molecule has 1 saturated carbocycles. The first-order chi connectivity index (χ1) is 17.7. The monoisotopic (exact) mass is 484 g/mol. The summed E-state index contributed by atoms with van der Waals surface area (Å²) >= 11 is 0. The maximum atomic E-state index is 14.1. The Morgan fingerprint density at radius 3 is 2.22 bits per heavy atom. The first-order valence-electron chi connectivity index (χ1n) is 13.9. The summed E-state index contributed by atoms with van der Waals surface area (Å²) in [4.78, 5) is 14.1. The average molecular weight is 485 g/mol. The molecule has 2 atom stereocenters. The fourth-order valence-electron chi connectivity index (χ4n) is 7.46. The maximum absolute atomic E-state index is 14.1. The average Bonchev–Trinajstić information content (AvgIpc) is 3.33. The predicted octanol–water partition coefficient (Wildman–Crippen LogP) is 5.94. The smallest absolute Gasteiger partial charge is 0.317 e. The van der Waals surface area contributed by atoms with Crippen LogP contribution in [0, 0.1) is 5.92 Å². The molecule has 1 N–H and O–H groups in total. The number of carbonyl (C=O) groups excluding carboxylic acids is 1. The number of hydrogen-bond donors (Lipinski definition) is 1. The Balaban J connectivity index is 1.30. The van der Waals surface area contributed by atoms with Crippen LogP contribution in [0.1, 0.15) is 74.2 Å². The van der Waals surface area contributed by atoms with Crippen molar-refractivity contribution in [2.45, 2.75) is 68.9 Å². The molecule has 3 saturated heterocycles. The highest BCUT2D eigenvalue weighted by Crippen LogP contribution is 2.46. The van der Waals surface area contributed by atoms with Gasteiger partial charge in [-0.3, -0.25) is 9.89 Å². The minimum atomic E-state index is -0.503. The molecule has 5 nitrogen and oxygen atoms in total. The van der Waals surface area contributed by atoms with E-state index in [2.05, 4.69) is 70.9 Å². The van der Waals surface area contributed by atoms with Crippen molar-refractivity contribution in [2.24, 2.45) is 5.92 Å². The number of fused-ring (bicyclic) bond motifs is 3. The van der Waals surface area contributed by atoms with Crippen LogP contribution in [0.2, 0.25) is 0 Å². The van der Waals surface area contributed by atoms with Crippen molar-refractivity contribution in [3.63, 3.8) is 0 Å². The number of esters is 1. The molecule has 3 aromatic rings. The van der Waals surface area contributed by atoms with Crippen LogP contribution in [0.5, 0.6) is 0 Å². The molecular formula is C31H38N3O2+. The van der Waals surface area contributed by atoms with Crippen molar-refractivity contribution >= 4 is 5.97 Å². The first kappa shape index (κ1) is 23.5. The van der Waals surface area contributed by atoms with Crippen LogP contribution >= 0.6 is 0 Å². The Labute approximate surface area is 214 Å². The van der Waals surface area contributed by atoms with Gasteiger partial charge in [-0.1, -0.05) is 86.3 Å². The number of aromatic amines is 1. The molecule has 1 aliphatic carbocycles. The lowest BCUT2D eigenvalue weighted by atomic mass is 9.74. The van der Waals surface area contributed by atoms with Gasteiger partial charge in [0.05, 0.1) is 24.2 Å². The normalized spacial score (nSPS) is 28.2. The topological polar surface area (TPSA) is 55.0 Å². The molecule has 7 rings (SSSR count). The van der Waals surface area contributed by atoms with Crippen LogP contribution in [0.3, 0.4) is 0 Å². The second-order valence-corrected chi connectivity index (χ2v) is 11.3. The summed E-state index contributed by atoms with van der Waals surface area (Å²) in [5.74, 6) is 0.482. The van der Waals surface area contributed by atoms with E-state index in [9.17, 15) is 4.79 Å². The van der Waals surface area contributed by atoms with Crippen LogP contribution < -0.4 is 0 Å². The van der Waals surface area contributed by atoms with E-state index < -0.39 is 5.41 Å². The standard InChI is InChI=1S/C31H38N3O2/c35-30(31(18-9-1-2-10-19-31)26-13-7-4-8-14-26)36-28-23-34(21-16-24(28)17-22-34)29(27-15-20-32-33-27)25-11-5-3-6-12-25/h3-8,11-15,20,24,28-29H,1-2,9-10,16-19,21-23H2,(H,32,33)/q+1/t24?,28-,29?,34?/m0/s1. The Hall–Kier alpha value is -2.92. The number of rotatable bonds is 6. The number of nitrogens with zero attached hydrogens (tertiary/aromatic N) is 2. The van der Waals surface area contributed by atoms with Gasteiger partial charge in [-0.25, -0.2) is 0 Å². The van der Waals surface area contributed by atoms with Crippen molar-refractivity contribution in [3.8, 4) is 0 Å². The van der Waals surface area contributed by atoms with Gasteiger partial charge in [0.25, 0.3) is 0 Å². The van der Waals surface area contributed by atoms with E-state index >= 15 is 0 Å². The number of hydrogen-bond acceptors (Lipinski definition) is 3. The third kappa shape index (κ3) is 4.17. The van der Waals surface area contributed by atoms with Crippen LogP contribution in [0.25, 0.3) is 0 Å². The first-order valence-corrected chi connectivity index (χ1v) is 13.9. The van der Waals surface area contributed by atoms with Crippen molar-refractivity contribution in [2.75, 3.05) is 19.6 Å². The van der Waals surface area contributed by atoms with Crippen molar-refractivity contribution in [1.82, 2.24) is 10.2 Å². The minimum Gasteiger partial charge on any atom is -0.455 e. The second kappa shape index (κ2) is 9.85. The van der Waals surface area contributed by atoms with Crippen molar-refractivity contribution in [3.05, 3.63) is 89.7 Å². The number of carbonyl (C=O) groups is 1. The highest BCUT2D eigenvalue weighted by molar-refractivity contribution is 5.83. The van der Waals surface area contributed by atoms with Crippen molar-refractivity contribution < 1.29 is 14.0 Å². The summed E-state index contributed by atoms with van der Waals surface area (Å²) in [5, 5.41) is 7.58. The highest BCUT2D eigenvalue weighted by atomic mass is 16.5.